The van der Waals surface area contributed by atoms with Crippen molar-refractivity contribution in [2.45, 2.75) is 5.85 Å². The average Bonchev–Trinajstić information content (AvgIpc) is 2.15. The molecule has 1 N–H and O–H groups in total. The van der Waals surface area contributed by atoms with Crippen molar-refractivity contribution < 1.29 is 9.90 Å². The topological polar surface area (TPSA) is 37.3 Å². The fourth-order valence-electron chi connectivity index (χ4n) is 0.593. The van der Waals surface area contributed by atoms with Crippen molar-refractivity contribution in [2.75, 3.05) is 0 Å². The lowest BCUT2D eigenvalue weighted by Crippen LogP contribution is -2.11. The summed E-state index contributed by atoms with van der Waals surface area (Å²) in [5, 5.41) is 9.96. The van der Waals surface area contributed by atoms with E-state index >= 15 is 0 Å². The minimum absolute atomic E-state index is 0.0629. The van der Waals surface area contributed by atoms with Crippen molar-refractivity contribution in [3.63, 3.8) is 0 Å². The minimum Gasteiger partial charge on any atom is -0.380 e. The van der Waals surface area contributed by atoms with Crippen molar-refractivity contribution in [1.29, 1.82) is 0 Å². The molecular weight excluding hydrogens is 397 g/mol. The zero-order valence-electron chi connectivity index (χ0n) is 7.69. The molecule has 0 bridgehead atoms. The summed E-state index contributed by atoms with van der Waals surface area (Å²) in [5.74, 6) is -0.767. The maximum atomic E-state index is 12.0. The second kappa shape index (κ2) is 10.1. The Bertz CT molecular complexity index is 205. The number of aliphatic hydroxyl groups is 1. The highest BCUT2D eigenvalue weighted by atomic mass is 32.9. The van der Waals surface area contributed by atoms with Crippen LogP contribution >= 0.6 is 90.1 Å². The SMILES string of the molecule is O=C(C(O)P(P)P(P)P)P(PP)P(P)P. The quantitative estimate of drug-likeness (QED) is 0.630. The Kier molecular flexibility index (Phi) is 13.1. The Morgan fingerprint density at radius 1 is 1.13 bits per heavy atom. The van der Waals surface area contributed by atoms with Crippen LogP contribution in [0.25, 0.3) is 0 Å². The van der Waals surface area contributed by atoms with E-state index < -0.39 is 34.4 Å². The van der Waals surface area contributed by atoms with Crippen molar-refractivity contribution in [3.05, 3.63) is 0 Å². The van der Waals surface area contributed by atoms with Crippen LogP contribution in [0.3, 0.4) is 0 Å². The van der Waals surface area contributed by atoms with Gasteiger partial charge in [0.2, 0.25) is 0 Å². The molecule has 0 amide bonds. The number of carbonyl (C=O) groups excluding carboxylic acids is 1. The predicted molar refractivity (Wildman–Crippen MR) is 105 cm³/mol. The second-order valence-corrected chi connectivity index (χ2v) is 35.8. The first kappa shape index (κ1) is 19.4. The van der Waals surface area contributed by atoms with Crippen LogP contribution in [-0.2, 0) is 4.79 Å². The molecule has 0 saturated heterocycles. The minimum atomic E-state index is -0.767. The van der Waals surface area contributed by atoms with Crippen LogP contribution in [0.4, 0.5) is 0 Å². The molecule has 10 atom stereocenters. The van der Waals surface area contributed by atoms with Gasteiger partial charge in [0.15, 0.2) is 5.52 Å². The van der Waals surface area contributed by atoms with E-state index in [9.17, 15) is 9.90 Å². The summed E-state index contributed by atoms with van der Waals surface area (Å²) in [6.45, 7) is -0.797. The molecule has 0 aromatic heterocycles. The Morgan fingerprint density at radius 2 is 1.60 bits per heavy atom. The largest absolute Gasteiger partial charge is 0.380 e. The van der Waals surface area contributed by atoms with Gasteiger partial charge in [-0.3, -0.25) is 4.79 Å². The number of hydrogen-bond acceptors (Lipinski definition) is 2. The highest BCUT2D eigenvalue weighted by Crippen LogP contribution is 2.91. The lowest BCUT2D eigenvalue weighted by molar-refractivity contribution is -0.115. The maximum Gasteiger partial charge on any atom is 0.196 e. The Hall–Kier alpha value is 4.36. The van der Waals surface area contributed by atoms with Crippen LogP contribution in [0.5, 0.6) is 0 Å². The molecular formula is C2H15O2P11. The van der Waals surface area contributed by atoms with Gasteiger partial charge in [0, 0.05) is 7.30 Å². The first-order chi connectivity index (χ1) is 6.82. The van der Waals surface area contributed by atoms with Gasteiger partial charge in [0.25, 0.3) is 0 Å². The first-order valence-electron chi connectivity index (χ1n) is 3.44. The zero-order valence-corrected chi connectivity index (χ0v) is 19.2. The molecule has 0 aliphatic heterocycles. The molecule has 90 valence electrons. The van der Waals surface area contributed by atoms with Crippen LogP contribution in [-0.4, -0.2) is 16.5 Å². The molecule has 0 aromatic carbocycles. The molecule has 0 heterocycles. The number of aliphatic hydroxyl groups excluding tert-OH is 1. The van der Waals surface area contributed by atoms with Gasteiger partial charge in [-0.05, 0) is 21.3 Å². The third kappa shape index (κ3) is 7.07. The Balaban J connectivity index is 4.54. The standard InChI is InChI=1S/C2H15O2P11/c3-1(12(6)14(7)8)2(4)13(11-5)15(9)10/h1,3,11H,5-10H2. The van der Waals surface area contributed by atoms with Crippen molar-refractivity contribution in [1.82, 2.24) is 0 Å². The van der Waals surface area contributed by atoms with Crippen molar-refractivity contribution >= 4 is 95.6 Å². The molecule has 0 spiro atoms. The summed E-state index contributed by atoms with van der Waals surface area (Å²) in [7, 11) is 15.2. The van der Waals surface area contributed by atoms with Gasteiger partial charge in [0.1, 0.15) is 5.85 Å². The monoisotopic (exact) mass is 412 g/mol. The molecule has 0 fully saturated rings. The zero-order chi connectivity index (χ0) is 12.2. The third-order valence-electron chi connectivity index (χ3n) is 1.30. The molecule has 10 unspecified atom stereocenters. The van der Waals surface area contributed by atoms with Gasteiger partial charge < -0.3 is 5.11 Å². The number of hydrogen-bond donors (Lipinski definition) is 1. The smallest absolute Gasteiger partial charge is 0.196 e. The molecule has 0 aliphatic rings. The van der Waals surface area contributed by atoms with E-state index in [1.165, 1.54) is 0 Å². The highest BCUT2D eigenvalue weighted by Gasteiger charge is 2.31. The van der Waals surface area contributed by atoms with Gasteiger partial charge in [-0.1, -0.05) is 7.96 Å². The van der Waals surface area contributed by atoms with Gasteiger partial charge in [-0.25, -0.2) is 0 Å². The van der Waals surface area contributed by atoms with E-state index in [-0.39, 0.29) is 5.52 Å². The van der Waals surface area contributed by atoms with Crippen LogP contribution in [0.1, 0.15) is 0 Å². The molecule has 13 heteroatoms. The maximum absolute atomic E-state index is 12.0. The first-order valence-corrected chi connectivity index (χ1v) is 22.0. The second-order valence-electron chi connectivity index (χ2n) is 2.29. The summed E-state index contributed by atoms with van der Waals surface area (Å²) in [4.78, 5) is 12.0. The van der Waals surface area contributed by atoms with Gasteiger partial charge in [-0.2, -0.15) is 0 Å². The summed E-state index contributed by atoms with van der Waals surface area (Å²) in [6, 6.07) is 0. The fourth-order valence-corrected chi connectivity index (χ4v) is 28.5. The van der Waals surface area contributed by atoms with Crippen molar-refractivity contribution in [2.24, 2.45) is 0 Å². The number of rotatable bonds is 6. The lowest BCUT2D eigenvalue weighted by atomic mass is 10.8. The molecule has 0 radical (unpaired) electrons. The van der Waals surface area contributed by atoms with E-state index in [1.54, 1.807) is 0 Å². The van der Waals surface area contributed by atoms with Gasteiger partial charge in [-0.15, -0.1) is 53.6 Å². The van der Waals surface area contributed by atoms with Gasteiger partial charge >= 0.3 is 0 Å². The summed E-state index contributed by atoms with van der Waals surface area (Å²) in [6.07, 6.45) is 0. The number of carbonyl (C=O) groups is 1. The fraction of sp³-hybridized carbons (Fsp3) is 0.500. The highest BCUT2D eigenvalue weighted by molar-refractivity contribution is 8.91. The van der Waals surface area contributed by atoms with E-state index in [1.807, 2.05) is 0 Å². The van der Waals surface area contributed by atoms with E-state index in [0.717, 1.165) is 0 Å². The van der Waals surface area contributed by atoms with Crippen LogP contribution < -0.4 is 0 Å². The van der Waals surface area contributed by atoms with E-state index in [0.29, 0.717) is 7.96 Å². The Morgan fingerprint density at radius 3 is 1.87 bits per heavy atom. The molecule has 0 aromatic rings. The predicted octanol–water partition coefficient (Wildman–Crippen LogP) is 4.92. The van der Waals surface area contributed by atoms with Crippen LogP contribution in [0, 0.1) is 0 Å². The van der Waals surface area contributed by atoms with Crippen LogP contribution in [0.2, 0.25) is 0 Å². The average molecular weight is 412 g/mol. The molecule has 15 heavy (non-hydrogen) atoms. The van der Waals surface area contributed by atoms with Crippen molar-refractivity contribution in [3.8, 4) is 0 Å². The molecule has 0 aliphatic carbocycles. The Labute approximate surface area is 111 Å². The summed E-state index contributed by atoms with van der Waals surface area (Å²) in [5.41, 5.74) is 0.0629. The third-order valence-corrected chi connectivity index (χ3v) is 38.3. The molecule has 0 saturated carbocycles. The lowest BCUT2D eigenvalue weighted by Gasteiger charge is -2.26. The van der Waals surface area contributed by atoms with Gasteiger partial charge in [0.05, 0.1) is 0 Å². The summed E-state index contributed by atoms with van der Waals surface area (Å²) < 4.78 is 0. The summed E-state index contributed by atoms with van der Waals surface area (Å²) >= 11 is 0. The molecule has 2 nitrogen and oxygen atoms in total. The van der Waals surface area contributed by atoms with E-state index in [4.69, 9.17) is 0 Å². The normalized spacial score (nSPS) is 18.7. The molecule has 0 rings (SSSR count). The van der Waals surface area contributed by atoms with Crippen LogP contribution in [0.15, 0.2) is 0 Å². The van der Waals surface area contributed by atoms with E-state index in [2.05, 4.69) is 53.6 Å².